The summed E-state index contributed by atoms with van der Waals surface area (Å²) in [5.74, 6) is -1.39. The van der Waals surface area contributed by atoms with Gasteiger partial charge >= 0.3 is 0 Å². The zero-order valence-electron chi connectivity index (χ0n) is 19.0. The molecule has 1 heterocycles. The zero-order chi connectivity index (χ0) is 23.9. The minimum atomic E-state index is -0.677. The first-order valence-corrected chi connectivity index (χ1v) is 11.2. The van der Waals surface area contributed by atoms with E-state index < -0.39 is 17.4 Å². The molecule has 0 spiro atoms. The molecule has 5 nitrogen and oxygen atoms in total. The van der Waals surface area contributed by atoms with Gasteiger partial charge in [0.1, 0.15) is 30.1 Å². The second-order valence-electron chi connectivity index (χ2n) is 9.03. The van der Waals surface area contributed by atoms with Crippen LogP contribution in [-0.4, -0.2) is 30.9 Å². The van der Waals surface area contributed by atoms with Gasteiger partial charge in [-0.3, -0.25) is 4.79 Å². The van der Waals surface area contributed by atoms with Gasteiger partial charge in [0, 0.05) is 22.9 Å². The molecule has 1 aliphatic heterocycles. The van der Waals surface area contributed by atoms with Crippen molar-refractivity contribution in [1.82, 2.24) is 0 Å². The summed E-state index contributed by atoms with van der Waals surface area (Å²) in [7, 11) is 0. The third kappa shape index (κ3) is 4.67. The molecular formula is C27H25F2NO4. The largest absolute Gasteiger partial charge is 0.491 e. The Kier molecular flexibility index (Phi) is 5.83. The summed E-state index contributed by atoms with van der Waals surface area (Å²) < 4.78 is 44.5. The lowest BCUT2D eigenvalue weighted by Crippen LogP contribution is -2.25. The van der Waals surface area contributed by atoms with Crippen molar-refractivity contribution >= 4 is 17.2 Å². The number of carbonyl (C=O) groups excluding carboxylic acids is 1. The van der Waals surface area contributed by atoms with Crippen LogP contribution in [0, 0.1) is 11.6 Å². The molecule has 7 heteroatoms. The van der Waals surface area contributed by atoms with Crippen molar-refractivity contribution in [1.29, 1.82) is 0 Å². The van der Waals surface area contributed by atoms with E-state index in [4.69, 9.17) is 14.2 Å². The molecule has 1 N–H and O–H groups in total. The Morgan fingerprint density at radius 1 is 1.00 bits per heavy atom. The van der Waals surface area contributed by atoms with E-state index >= 15 is 0 Å². The Morgan fingerprint density at radius 2 is 1.82 bits per heavy atom. The molecule has 1 aliphatic carbocycles. The molecule has 0 saturated carbocycles. The first-order valence-electron chi connectivity index (χ1n) is 11.2. The highest BCUT2D eigenvalue weighted by atomic mass is 19.1. The van der Waals surface area contributed by atoms with Crippen molar-refractivity contribution in [3.05, 3.63) is 88.5 Å². The molecule has 0 radical (unpaired) electrons. The predicted molar refractivity (Wildman–Crippen MR) is 124 cm³/mol. The van der Waals surface area contributed by atoms with E-state index in [2.05, 4.69) is 5.32 Å². The number of ether oxygens (including phenoxy) is 3. The van der Waals surface area contributed by atoms with Crippen molar-refractivity contribution < 1.29 is 27.8 Å². The molecule has 0 bridgehead atoms. The molecule has 3 aromatic carbocycles. The van der Waals surface area contributed by atoms with Crippen LogP contribution in [0.3, 0.4) is 0 Å². The van der Waals surface area contributed by atoms with Gasteiger partial charge in [0.05, 0.1) is 12.3 Å². The van der Waals surface area contributed by atoms with Gasteiger partial charge in [0.15, 0.2) is 11.6 Å². The van der Waals surface area contributed by atoms with Crippen LogP contribution < -0.4 is 10.1 Å². The van der Waals surface area contributed by atoms with Crippen LogP contribution in [0.2, 0.25) is 0 Å². The third-order valence-electron chi connectivity index (χ3n) is 6.05. The lowest BCUT2D eigenvalue weighted by atomic mass is 9.98. The topological polar surface area (TPSA) is 56.8 Å². The highest BCUT2D eigenvalue weighted by Crippen LogP contribution is 2.31. The number of benzene rings is 3. The molecule has 34 heavy (non-hydrogen) atoms. The number of hydrogen-bond donors (Lipinski definition) is 1. The number of anilines is 2. The van der Waals surface area contributed by atoms with Gasteiger partial charge < -0.3 is 19.5 Å². The normalized spacial score (nSPS) is 18.7. The fraction of sp³-hybridized carbons (Fsp3) is 0.296. The summed E-state index contributed by atoms with van der Waals surface area (Å²) in [6.45, 7) is 4.52. The van der Waals surface area contributed by atoms with Crippen LogP contribution >= 0.6 is 0 Å². The van der Waals surface area contributed by atoms with Crippen molar-refractivity contribution in [3.63, 3.8) is 0 Å². The van der Waals surface area contributed by atoms with Gasteiger partial charge in [-0.2, -0.15) is 0 Å². The van der Waals surface area contributed by atoms with Gasteiger partial charge in [-0.15, -0.1) is 0 Å². The lowest BCUT2D eigenvalue weighted by molar-refractivity contribution is -0.141. The maximum atomic E-state index is 14.0. The van der Waals surface area contributed by atoms with Crippen LogP contribution in [0.4, 0.5) is 20.2 Å². The first kappa shape index (κ1) is 22.5. The number of rotatable bonds is 5. The standard InChI is InChI=1S/C27H25F2NO4/c1-27(2)33-15-21(34-27)14-32-20-8-5-16-3-4-17-11-19(7-9-22(17)26(31)23(16)13-20)30-25-10-6-18(28)12-24(25)29/h5-13,21,30H,3-4,14-15H2,1-2H3/t21-/m0/s1. The molecule has 3 aromatic rings. The summed E-state index contributed by atoms with van der Waals surface area (Å²) in [6.07, 6.45) is 1.19. The van der Waals surface area contributed by atoms with Crippen LogP contribution in [0.25, 0.3) is 0 Å². The maximum Gasteiger partial charge on any atom is 0.193 e. The Labute approximate surface area is 196 Å². The number of halogens is 2. The molecule has 5 rings (SSSR count). The van der Waals surface area contributed by atoms with Crippen LogP contribution in [0.1, 0.15) is 40.9 Å². The van der Waals surface area contributed by atoms with Crippen molar-refractivity contribution in [2.45, 2.75) is 38.6 Å². The first-order chi connectivity index (χ1) is 16.3. The SMILES string of the molecule is CC1(C)OC[C@H](COc2ccc3c(c2)C(=O)c2ccc(Nc4ccc(F)cc4F)cc2CC3)O1. The molecular weight excluding hydrogens is 440 g/mol. The second-order valence-corrected chi connectivity index (χ2v) is 9.03. The van der Waals surface area contributed by atoms with Crippen molar-refractivity contribution in [3.8, 4) is 5.75 Å². The Bertz CT molecular complexity index is 1260. The highest BCUT2D eigenvalue weighted by molar-refractivity contribution is 6.11. The highest BCUT2D eigenvalue weighted by Gasteiger charge is 2.33. The monoisotopic (exact) mass is 465 g/mol. The average Bonchev–Trinajstić information content (AvgIpc) is 3.09. The van der Waals surface area contributed by atoms with Crippen molar-refractivity contribution in [2.24, 2.45) is 0 Å². The van der Waals surface area contributed by atoms with E-state index in [1.54, 1.807) is 18.2 Å². The van der Waals surface area contributed by atoms with E-state index in [1.165, 1.54) is 12.1 Å². The van der Waals surface area contributed by atoms with E-state index in [0.29, 0.717) is 48.6 Å². The van der Waals surface area contributed by atoms with Crippen LogP contribution in [0.5, 0.6) is 5.75 Å². The van der Waals surface area contributed by atoms with Gasteiger partial charge in [0.25, 0.3) is 0 Å². The number of hydrogen-bond acceptors (Lipinski definition) is 5. The maximum absolute atomic E-state index is 14.0. The number of fused-ring (bicyclic) bond motifs is 2. The second kappa shape index (κ2) is 8.81. The molecule has 1 saturated heterocycles. The Morgan fingerprint density at radius 3 is 2.59 bits per heavy atom. The Balaban J connectivity index is 1.34. The van der Waals surface area contributed by atoms with Gasteiger partial charge in [0.2, 0.25) is 0 Å². The number of aryl methyl sites for hydroxylation is 2. The molecule has 2 aliphatic rings. The number of ketones is 1. The Hall–Kier alpha value is -3.29. The molecule has 0 aromatic heterocycles. The van der Waals surface area contributed by atoms with Gasteiger partial charge in [-0.05, 0) is 80.3 Å². The fourth-order valence-corrected chi connectivity index (χ4v) is 4.37. The summed E-state index contributed by atoms with van der Waals surface area (Å²) in [5, 5.41) is 2.97. The van der Waals surface area contributed by atoms with Gasteiger partial charge in [-0.1, -0.05) is 6.07 Å². The molecule has 176 valence electrons. The van der Waals surface area contributed by atoms with E-state index in [9.17, 15) is 13.6 Å². The summed E-state index contributed by atoms with van der Waals surface area (Å²) in [6, 6.07) is 14.3. The average molecular weight is 465 g/mol. The van der Waals surface area contributed by atoms with E-state index in [1.807, 2.05) is 32.0 Å². The van der Waals surface area contributed by atoms with Crippen LogP contribution in [0.15, 0.2) is 54.6 Å². The predicted octanol–water partition coefficient (Wildman–Crippen LogP) is 5.57. The smallest absolute Gasteiger partial charge is 0.193 e. The number of nitrogens with one attached hydrogen (secondary N) is 1. The van der Waals surface area contributed by atoms with E-state index in [0.717, 1.165) is 17.2 Å². The summed E-state index contributed by atoms with van der Waals surface area (Å²) >= 11 is 0. The minimum absolute atomic E-state index is 0.0750. The summed E-state index contributed by atoms with van der Waals surface area (Å²) in [4.78, 5) is 13.4. The molecule has 1 atom stereocenters. The van der Waals surface area contributed by atoms with E-state index in [-0.39, 0.29) is 17.6 Å². The lowest BCUT2D eigenvalue weighted by Gasteiger charge is -2.17. The zero-order valence-corrected chi connectivity index (χ0v) is 19.0. The third-order valence-corrected chi connectivity index (χ3v) is 6.05. The quantitative estimate of drug-likeness (QED) is 0.534. The number of carbonyl (C=O) groups is 1. The van der Waals surface area contributed by atoms with Gasteiger partial charge in [-0.25, -0.2) is 8.78 Å². The summed E-state index contributed by atoms with van der Waals surface area (Å²) in [5.41, 5.74) is 3.85. The minimum Gasteiger partial charge on any atom is -0.491 e. The fourth-order valence-electron chi connectivity index (χ4n) is 4.37. The molecule has 0 amide bonds. The molecule has 0 unspecified atom stereocenters. The van der Waals surface area contributed by atoms with Crippen LogP contribution in [-0.2, 0) is 22.3 Å². The molecule has 1 fully saturated rings. The van der Waals surface area contributed by atoms with Crippen molar-refractivity contribution in [2.75, 3.05) is 18.5 Å².